The van der Waals surface area contributed by atoms with E-state index in [1.54, 1.807) is 14.2 Å². The van der Waals surface area contributed by atoms with Crippen LogP contribution >= 0.6 is 9.24 Å². The van der Waals surface area contributed by atoms with Gasteiger partial charge in [-0.05, 0) is 52.1 Å². The summed E-state index contributed by atoms with van der Waals surface area (Å²) in [5.74, 6) is 3.13. The molecule has 0 aliphatic carbocycles. The molecule has 0 bridgehead atoms. The van der Waals surface area contributed by atoms with Gasteiger partial charge >= 0.3 is 0 Å². The average Bonchev–Trinajstić information content (AvgIpc) is 2.59. The maximum Gasteiger partial charge on any atom is 0.127 e. The normalized spacial score (nSPS) is 11.5. The molecule has 2 nitrogen and oxygen atoms in total. The zero-order valence-corrected chi connectivity index (χ0v) is 18.6. The van der Waals surface area contributed by atoms with E-state index in [0.717, 1.165) is 22.4 Å². The summed E-state index contributed by atoms with van der Waals surface area (Å²) in [6, 6.07) is 8.52. The van der Waals surface area contributed by atoms with Crippen LogP contribution in [0.25, 0.3) is 11.1 Å². The van der Waals surface area contributed by atoms with Gasteiger partial charge in [-0.3, -0.25) is 0 Å². The predicted molar refractivity (Wildman–Crippen MR) is 117 cm³/mol. The maximum absolute atomic E-state index is 5.72. The van der Waals surface area contributed by atoms with Gasteiger partial charge in [-0.15, -0.1) is 9.24 Å². The van der Waals surface area contributed by atoms with Crippen LogP contribution < -0.4 is 14.8 Å². The van der Waals surface area contributed by atoms with Crippen molar-refractivity contribution >= 4 is 14.5 Å². The first-order valence-electron chi connectivity index (χ1n) is 9.41. The predicted octanol–water partition coefficient (Wildman–Crippen LogP) is 6.24. The Labute approximate surface area is 161 Å². The fourth-order valence-corrected chi connectivity index (χ4v) is 4.36. The van der Waals surface area contributed by atoms with Crippen LogP contribution in [0, 0.1) is 0 Å². The molecule has 2 aromatic carbocycles. The third-order valence-electron chi connectivity index (χ3n) is 4.97. The Morgan fingerprint density at radius 2 is 1.23 bits per heavy atom. The minimum Gasteiger partial charge on any atom is -0.496 e. The van der Waals surface area contributed by atoms with E-state index < -0.39 is 0 Å². The van der Waals surface area contributed by atoms with Gasteiger partial charge < -0.3 is 9.47 Å². The maximum atomic E-state index is 5.72. The summed E-state index contributed by atoms with van der Waals surface area (Å²) in [5, 5.41) is 1.04. The van der Waals surface area contributed by atoms with Crippen LogP contribution in [0.2, 0.25) is 0 Å². The second-order valence-electron chi connectivity index (χ2n) is 7.75. The number of rotatable bonds is 6. The molecule has 26 heavy (non-hydrogen) atoms. The van der Waals surface area contributed by atoms with Crippen molar-refractivity contribution in [3.63, 3.8) is 0 Å². The van der Waals surface area contributed by atoms with Crippen molar-refractivity contribution in [2.75, 3.05) is 14.2 Å². The van der Waals surface area contributed by atoms with Gasteiger partial charge in [0, 0.05) is 10.9 Å². The van der Waals surface area contributed by atoms with Crippen molar-refractivity contribution < 1.29 is 9.47 Å². The second kappa shape index (κ2) is 8.44. The molecule has 2 aromatic rings. The molecular formula is C23H33O2P. The first-order valence-corrected chi connectivity index (χ1v) is 9.99. The van der Waals surface area contributed by atoms with Crippen LogP contribution in [0.5, 0.6) is 11.5 Å². The summed E-state index contributed by atoms with van der Waals surface area (Å²) < 4.78 is 11.3. The molecule has 0 saturated carbocycles. The molecule has 0 N–H and O–H groups in total. The summed E-state index contributed by atoms with van der Waals surface area (Å²) in [6.45, 7) is 13.7. The number of methoxy groups -OCH3 is 2. The molecule has 0 saturated heterocycles. The lowest BCUT2D eigenvalue weighted by atomic mass is 9.79. The third-order valence-corrected chi connectivity index (χ3v) is 5.55. The van der Waals surface area contributed by atoms with Gasteiger partial charge in [0.25, 0.3) is 0 Å². The molecule has 0 amide bonds. The van der Waals surface area contributed by atoms with Crippen LogP contribution in [0.1, 0.15) is 76.0 Å². The first kappa shape index (κ1) is 20.8. The summed E-state index contributed by atoms with van der Waals surface area (Å²) in [4.78, 5) is 0. The van der Waals surface area contributed by atoms with Crippen molar-refractivity contribution in [1.29, 1.82) is 0 Å². The molecule has 142 valence electrons. The molecule has 0 aliphatic rings. The fraction of sp³-hybridized carbons (Fsp3) is 0.478. The highest BCUT2D eigenvalue weighted by Gasteiger charge is 2.24. The topological polar surface area (TPSA) is 18.5 Å². The molecule has 0 spiro atoms. The Morgan fingerprint density at radius 3 is 1.69 bits per heavy atom. The lowest BCUT2D eigenvalue weighted by Gasteiger charge is -2.27. The van der Waals surface area contributed by atoms with E-state index in [1.165, 1.54) is 22.3 Å². The monoisotopic (exact) mass is 372 g/mol. The summed E-state index contributed by atoms with van der Waals surface area (Å²) >= 11 is 0. The summed E-state index contributed by atoms with van der Waals surface area (Å²) in [5.41, 5.74) is 6.69. The van der Waals surface area contributed by atoms with E-state index in [-0.39, 0.29) is 0 Å². The lowest BCUT2D eigenvalue weighted by molar-refractivity contribution is 0.407. The summed E-state index contributed by atoms with van der Waals surface area (Å²) in [7, 11) is 6.29. The molecule has 2 rings (SSSR count). The number of benzene rings is 2. The lowest BCUT2D eigenvalue weighted by Crippen LogP contribution is -2.11. The van der Waals surface area contributed by atoms with E-state index in [1.807, 2.05) is 12.1 Å². The Hall–Kier alpha value is -1.53. The number of hydrogen-bond donors (Lipinski definition) is 0. The van der Waals surface area contributed by atoms with Gasteiger partial charge in [-0.25, -0.2) is 0 Å². The minimum atomic E-state index is 0.418. The van der Waals surface area contributed by atoms with Crippen LogP contribution in [0.15, 0.2) is 24.3 Å². The van der Waals surface area contributed by atoms with Gasteiger partial charge in [0.1, 0.15) is 11.5 Å². The molecule has 1 unspecified atom stereocenters. The largest absolute Gasteiger partial charge is 0.496 e. The number of ether oxygens (including phenoxy) is 2. The van der Waals surface area contributed by atoms with Crippen molar-refractivity contribution in [3.8, 4) is 22.6 Å². The molecule has 0 fully saturated rings. The van der Waals surface area contributed by atoms with Gasteiger partial charge in [-0.1, -0.05) is 53.7 Å². The molecular weight excluding hydrogens is 339 g/mol. The zero-order valence-electron chi connectivity index (χ0n) is 17.4. The van der Waals surface area contributed by atoms with E-state index in [0.29, 0.717) is 17.8 Å². The van der Waals surface area contributed by atoms with E-state index in [4.69, 9.17) is 9.47 Å². The molecule has 0 radical (unpaired) electrons. The third kappa shape index (κ3) is 3.76. The molecule has 0 heterocycles. The van der Waals surface area contributed by atoms with Gasteiger partial charge in [0.15, 0.2) is 0 Å². The van der Waals surface area contributed by atoms with Gasteiger partial charge in [0.2, 0.25) is 0 Å². The van der Waals surface area contributed by atoms with Gasteiger partial charge in [0.05, 0.1) is 14.2 Å². The molecule has 0 aromatic heterocycles. The highest BCUT2D eigenvalue weighted by Crippen LogP contribution is 2.43. The SMILES string of the molecule is COc1ccc(OC)c(-c2ccc(C(C)C)c(C(C)C)c2C(C)C)c1P. The highest BCUT2D eigenvalue weighted by atomic mass is 31.0. The van der Waals surface area contributed by atoms with E-state index in [2.05, 4.69) is 62.9 Å². The fourth-order valence-electron chi connectivity index (χ4n) is 3.85. The number of hydrogen-bond acceptors (Lipinski definition) is 2. The summed E-state index contributed by atoms with van der Waals surface area (Å²) in [6.07, 6.45) is 0. The van der Waals surface area contributed by atoms with Crippen LogP contribution in [0.4, 0.5) is 0 Å². The quantitative estimate of drug-likeness (QED) is 0.559. The smallest absolute Gasteiger partial charge is 0.127 e. The van der Waals surface area contributed by atoms with Crippen molar-refractivity contribution in [3.05, 3.63) is 41.0 Å². The average molecular weight is 372 g/mol. The second-order valence-corrected chi connectivity index (χ2v) is 8.33. The standard InChI is InChI=1S/C23H33O2P/c1-13(2)16-9-10-17(21(15(5)6)20(16)14(3)4)22-18(24-7)11-12-19(25-8)23(22)26/h9-15H,26H2,1-8H3. The Bertz CT molecular complexity index is 776. The molecule has 1 atom stereocenters. The van der Waals surface area contributed by atoms with Crippen molar-refractivity contribution in [2.24, 2.45) is 0 Å². The Morgan fingerprint density at radius 1 is 0.692 bits per heavy atom. The van der Waals surface area contributed by atoms with Gasteiger partial charge in [-0.2, -0.15) is 0 Å². The Kier molecular flexibility index (Phi) is 6.74. The molecule has 3 heteroatoms. The highest BCUT2D eigenvalue weighted by molar-refractivity contribution is 7.28. The van der Waals surface area contributed by atoms with Crippen molar-refractivity contribution in [1.82, 2.24) is 0 Å². The minimum absolute atomic E-state index is 0.418. The zero-order chi connectivity index (χ0) is 19.6. The Balaban J connectivity index is 2.94. The van der Waals surface area contributed by atoms with E-state index >= 15 is 0 Å². The van der Waals surface area contributed by atoms with Crippen molar-refractivity contribution in [2.45, 2.75) is 59.3 Å². The first-order chi connectivity index (χ1) is 12.2. The van der Waals surface area contributed by atoms with E-state index in [9.17, 15) is 0 Å². The van der Waals surface area contributed by atoms with Crippen LogP contribution in [0.3, 0.4) is 0 Å². The van der Waals surface area contributed by atoms with Crippen LogP contribution in [-0.2, 0) is 0 Å². The van der Waals surface area contributed by atoms with Crippen LogP contribution in [-0.4, -0.2) is 14.2 Å². The molecule has 0 aliphatic heterocycles.